The van der Waals surface area contributed by atoms with Gasteiger partial charge in [-0.05, 0) is 31.5 Å². The van der Waals surface area contributed by atoms with Gasteiger partial charge in [-0.25, -0.2) is 13.8 Å². The van der Waals surface area contributed by atoms with Crippen LogP contribution in [0, 0.1) is 18.6 Å². The van der Waals surface area contributed by atoms with E-state index in [-0.39, 0.29) is 11.6 Å². The lowest BCUT2D eigenvalue weighted by Gasteiger charge is -2.38. The van der Waals surface area contributed by atoms with E-state index >= 15 is 0 Å². The summed E-state index contributed by atoms with van der Waals surface area (Å²) in [6.07, 6.45) is -0.136. The number of nitrogens with zero attached hydrogens (tertiary/aromatic N) is 3. The van der Waals surface area contributed by atoms with Gasteiger partial charge in [-0.2, -0.15) is 4.79 Å². The van der Waals surface area contributed by atoms with E-state index in [4.69, 9.17) is 10.5 Å². The number of rotatable bonds is 2. The first-order chi connectivity index (χ1) is 11.9. The van der Waals surface area contributed by atoms with Crippen LogP contribution < -0.4 is 5.73 Å². The molecule has 2 aliphatic heterocycles. The molecule has 2 unspecified atom stereocenters. The first-order valence-electron chi connectivity index (χ1n) is 8.23. The molecule has 2 aromatic rings. The van der Waals surface area contributed by atoms with Crippen LogP contribution in [0.1, 0.15) is 35.3 Å². The van der Waals surface area contributed by atoms with Crippen molar-refractivity contribution in [3.05, 3.63) is 52.6 Å². The van der Waals surface area contributed by atoms with E-state index in [2.05, 4.69) is 9.88 Å². The molecule has 3 heterocycles. The number of fused-ring (bicyclic) bond motifs is 1. The van der Waals surface area contributed by atoms with Crippen molar-refractivity contribution in [3.8, 4) is 0 Å². The molecule has 134 valence electrons. The molecule has 1 fully saturated rings. The number of nitrogens with two attached hydrogens (primary N) is 1. The Kier molecular flexibility index (Phi) is 4.05. The second-order valence-corrected chi connectivity index (χ2v) is 6.71. The van der Waals surface area contributed by atoms with E-state index in [1.54, 1.807) is 6.92 Å². The Morgan fingerprint density at radius 1 is 1.28 bits per heavy atom. The van der Waals surface area contributed by atoms with Crippen molar-refractivity contribution in [2.24, 2.45) is 5.73 Å². The fraction of sp³-hybridized carbons (Fsp3) is 0.471. The van der Waals surface area contributed by atoms with Crippen LogP contribution in [0.4, 0.5) is 13.3 Å². The summed E-state index contributed by atoms with van der Waals surface area (Å²) in [5.74, 6) is -0.700. The Hall–Kier alpha value is -1.90. The van der Waals surface area contributed by atoms with E-state index in [0.29, 0.717) is 42.4 Å². The van der Waals surface area contributed by atoms with Crippen molar-refractivity contribution in [2.75, 3.05) is 6.61 Å². The highest BCUT2D eigenvalue weighted by Gasteiger charge is 2.38. The van der Waals surface area contributed by atoms with Gasteiger partial charge in [-0.3, -0.25) is 4.90 Å². The number of benzene rings is 1. The molecule has 0 spiro atoms. The van der Waals surface area contributed by atoms with Crippen molar-refractivity contribution in [1.29, 1.82) is 0 Å². The first-order valence-corrected chi connectivity index (χ1v) is 8.23. The standard InChI is InChI=1S/C17H19F3N4O/c1-9-22-15-6-23(7-16(15)24(9)20)11-5-14(21)17(25-8-11)12-4-10(18)2-3-13(12)19/h2-4,11,14,17H,5-8,21H2,1H3/t11?,14?,17-/m1/s1. The zero-order valence-electron chi connectivity index (χ0n) is 13.8. The molecule has 1 aromatic carbocycles. The lowest BCUT2D eigenvalue weighted by Crippen LogP contribution is -2.47. The lowest BCUT2D eigenvalue weighted by atomic mass is 9.93. The van der Waals surface area contributed by atoms with Crippen LogP contribution in [-0.4, -0.2) is 33.4 Å². The van der Waals surface area contributed by atoms with Gasteiger partial charge in [-0.15, -0.1) is 0 Å². The summed E-state index contributed by atoms with van der Waals surface area (Å²) < 4.78 is 47.1. The van der Waals surface area contributed by atoms with Gasteiger partial charge in [0.2, 0.25) is 0 Å². The van der Waals surface area contributed by atoms with E-state index in [9.17, 15) is 13.3 Å². The molecule has 2 aliphatic rings. The van der Waals surface area contributed by atoms with Gasteiger partial charge in [0, 0.05) is 30.7 Å². The lowest BCUT2D eigenvalue weighted by molar-refractivity contribution is -0.0537. The van der Waals surface area contributed by atoms with Crippen LogP contribution in [0.15, 0.2) is 18.2 Å². The quantitative estimate of drug-likeness (QED) is 0.902. The summed E-state index contributed by atoms with van der Waals surface area (Å²) in [6.45, 7) is 2.92. The molecule has 0 radical (unpaired) electrons. The molecule has 2 N–H and O–H groups in total. The van der Waals surface area contributed by atoms with Gasteiger partial charge in [0.25, 0.3) is 0 Å². The molecule has 4 rings (SSSR count). The zero-order valence-corrected chi connectivity index (χ0v) is 13.8. The van der Waals surface area contributed by atoms with Crippen molar-refractivity contribution < 1.29 is 18.0 Å². The molecule has 5 nitrogen and oxygen atoms in total. The van der Waals surface area contributed by atoms with Gasteiger partial charge in [0.1, 0.15) is 23.6 Å². The number of hydrogen-bond acceptors (Lipinski definition) is 4. The molecule has 1 aromatic heterocycles. The Morgan fingerprint density at radius 3 is 2.80 bits per heavy atom. The van der Waals surface area contributed by atoms with Crippen LogP contribution in [-0.2, 0) is 17.8 Å². The monoisotopic (exact) mass is 352 g/mol. The van der Waals surface area contributed by atoms with Crippen molar-refractivity contribution in [3.63, 3.8) is 0 Å². The topological polar surface area (TPSA) is 56.3 Å². The first kappa shape index (κ1) is 16.6. The fourth-order valence-corrected chi connectivity index (χ4v) is 3.74. The molecule has 8 heteroatoms. The average molecular weight is 352 g/mol. The number of hydrogen-bond donors (Lipinski definition) is 1. The van der Waals surface area contributed by atoms with Crippen molar-refractivity contribution in [1.82, 2.24) is 14.7 Å². The number of ether oxygens (including phenoxy) is 1. The van der Waals surface area contributed by atoms with E-state index in [1.807, 2.05) is 0 Å². The van der Waals surface area contributed by atoms with E-state index in [1.165, 1.54) is 0 Å². The normalized spacial score (nSPS) is 26.8. The third kappa shape index (κ3) is 2.84. The van der Waals surface area contributed by atoms with Gasteiger partial charge in [0.15, 0.2) is 0 Å². The SMILES string of the molecule is Cc1nc2c(n1F)CN(C1CO[C@H](c3cc(F)ccc3F)C(N)C1)C2. The highest BCUT2D eigenvalue weighted by Crippen LogP contribution is 2.34. The Labute approximate surface area is 143 Å². The zero-order chi connectivity index (χ0) is 17.7. The predicted octanol–water partition coefficient (Wildman–Crippen LogP) is 2.38. The van der Waals surface area contributed by atoms with Crippen LogP contribution >= 0.6 is 0 Å². The van der Waals surface area contributed by atoms with Crippen LogP contribution in [0.5, 0.6) is 0 Å². The second-order valence-electron chi connectivity index (χ2n) is 6.71. The summed E-state index contributed by atoms with van der Waals surface area (Å²) in [6, 6.07) is 2.79. The Balaban J connectivity index is 1.46. The number of aryl methyl sites for hydroxylation is 1. The molecule has 25 heavy (non-hydrogen) atoms. The van der Waals surface area contributed by atoms with Crippen molar-refractivity contribution >= 4 is 0 Å². The minimum Gasteiger partial charge on any atom is -0.370 e. The Morgan fingerprint density at radius 2 is 2.08 bits per heavy atom. The molecule has 0 aliphatic carbocycles. The van der Waals surface area contributed by atoms with Gasteiger partial charge >= 0.3 is 0 Å². The molecular formula is C17H19F3N4O. The summed E-state index contributed by atoms with van der Waals surface area (Å²) in [4.78, 5) is 6.90. The number of halogens is 3. The molecule has 0 amide bonds. The largest absolute Gasteiger partial charge is 0.370 e. The van der Waals surface area contributed by atoms with E-state index in [0.717, 1.165) is 23.9 Å². The van der Waals surface area contributed by atoms with Crippen LogP contribution in [0.25, 0.3) is 0 Å². The van der Waals surface area contributed by atoms with Crippen LogP contribution in [0.2, 0.25) is 0 Å². The fourth-order valence-electron chi connectivity index (χ4n) is 3.74. The summed E-state index contributed by atoms with van der Waals surface area (Å²) in [5, 5.41) is 0. The third-order valence-electron chi connectivity index (χ3n) is 5.04. The summed E-state index contributed by atoms with van der Waals surface area (Å²) >= 11 is 0. The smallest absolute Gasteiger partial charge is 0.136 e. The molecule has 1 saturated heterocycles. The third-order valence-corrected chi connectivity index (χ3v) is 5.04. The highest BCUT2D eigenvalue weighted by molar-refractivity contribution is 5.24. The maximum Gasteiger partial charge on any atom is 0.136 e. The van der Waals surface area contributed by atoms with E-state index < -0.39 is 23.8 Å². The molecule has 0 bridgehead atoms. The molecular weight excluding hydrogens is 333 g/mol. The van der Waals surface area contributed by atoms with Gasteiger partial charge in [0.05, 0.1) is 18.0 Å². The molecule has 3 atom stereocenters. The van der Waals surface area contributed by atoms with Gasteiger partial charge < -0.3 is 10.5 Å². The minimum atomic E-state index is -0.688. The average Bonchev–Trinajstić information content (AvgIpc) is 3.10. The molecule has 0 saturated carbocycles. The summed E-state index contributed by atoms with van der Waals surface area (Å²) in [5.41, 5.74) is 7.62. The van der Waals surface area contributed by atoms with Crippen molar-refractivity contribution in [2.45, 2.75) is 44.6 Å². The number of aromatic nitrogens is 2. The predicted molar refractivity (Wildman–Crippen MR) is 84.1 cm³/mol. The maximum atomic E-state index is 14.0. The van der Waals surface area contributed by atoms with Crippen LogP contribution in [0.3, 0.4) is 0 Å². The number of imidazole rings is 1. The van der Waals surface area contributed by atoms with Gasteiger partial charge in [-0.1, -0.05) is 4.48 Å². The summed E-state index contributed by atoms with van der Waals surface area (Å²) in [7, 11) is 0. The highest BCUT2D eigenvalue weighted by atomic mass is 19.2. The minimum absolute atomic E-state index is 0.0163. The Bertz CT molecular complexity index is 809. The second kappa shape index (κ2) is 6.12. The maximum absolute atomic E-state index is 14.0.